The van der Waals surface area contributed by atoms with E-state index >= 15 is 0 Å². The second kappa shape index (κ2) is 8.81. The molecule has 2 aromatic rings. The first kappa shape index (κ1) is 19.1. The quantitative estimate of drug-likeness (QED) is 0.600. The minimum atomic E-state index is -0.777. The van der Waals surface area contributed by atoms with Crippen LogP contribution >= 0.6 is 0 Å². The number of carbonyl (C=O) groups is 2. The molecule has 1 saturated carbocycles. The van der Waals surface area contributed by atoms with Crippen molar-refractivity contribution in [2.75, 3.05) is 11.9 Å². The Bertz CT molecular complexity index is 739. The van der Waals surface area contributed by atoms with E-state index in [1.807, 2.05) is 30.3 Å². The van der Waals surface area contributed by atoms with Crippen molar-refractivity contribution in [2.24, 2.45) is 11.1 Å². The van der Waals surface area contributed by atoms with Gasteiger partial charge in [-0.15, -0.1) is 0 Å². The average Bonchev–Trinajstić information content (AvgIpc) is 3.20. The van der Waals surface area contributed by atoms with Crippen LogP contribution in [0.15, 0.2) is 42.6 Å². The summed E-state index contributed by atoms with van der Waals surface area (Å²) in [6, 6.07) is 10.1. The van der Waals surface area contributed by atoms with Crippen molar-refractivity contribution in [3.8, 4) is 0 Å². The van der Waals surface area contributed by atoms with E-state index in [9.17, 15) is 9.59 Å². The van der Waals surface area contributed by atoms with E-state index in [2.05, 4.69) is 20.8 Å². The van der Waals surface area contributed by atoms with Gasteiger partial charge in [-0.05, 0) is 30.4 Å². The van der Waals surface area contributed by atoms with Crippen LogP contribution in [-0.2, 0) is 9.59 Å². The first-order chi connectivity index (χ1) is 13.1. The predicted molar refractivity (Wildman–Crippen MR) is 104 cm³/mol. The lowest BCUT2D eigenvalue weighted by atomic mass is 9.71. The van der Waals surface area contributed by atoms with Crippen molar-refractivity contribution in [1.29, 1.82) is 0 Å². The van der Waals surface area contributed by atoms with Gasteiger partial charge in [0.05, 0.1) is 6.20 Å². The van der Waals surface area contributed by atoms with Crippen LogP contribution in [0.4, 0.5) is 5.82 Å². The molecule has 5 N–H and O–H groups in total. The zero-order valence-electron chi connectivity index (χ0n) is 15.4. The molecule has 1 aliphatic rings. The monoisotopic (exact) mass is 369 g/mol. The molecule has 7 heteroatoms. The molecule has 0 radical (unpaired) electrons. The molecule has 7 nitrogen and oxygen atoms in total. The third-order valence-corrected chi connectivity index (χ3v) is 5.34. The van der Waals surface area contributed by atoms with Crippen molar-refractivity contribution in [1.82, 2.24) is 15.5 Å². The minimum absolute atomic E-state index is 0.143. The number of hydrogen-bond acceptors (Lipinski definition) is 4. The summed E-state index contributed by atoms with van der Waals surface area (Å²) >= 11 is 0. The second-order valence-corrected chi connectivity index (χ2v) is 7.31. The summed E-state index contributed by atoms with van der Waals surface area (Å²) in [6.45, 7) is 0.497. The number of hydrogen-bond donors (Lipinski definition) is 4. The largest absolute Gasteiger partial charge is 0.341 e. The van der Waals surface area contributed by atoms with Crippen molar-refractivity contribution in [3.63, 3.8) is 0 Å². The van der Waals surface area contributed by atoms with Gasteiger partial charge in [-0.1, -0.05) is 49.6 Å². The Morgan fingerprint density at radius 2 is 1.89 bits per heavy atom. The number of aromatic amines is 1. The zero-order valence-corrected chi connectivity index (χ0v) is 15.4. The smallest absolute Gasteiger partial charge is 0.252 e. The van der Waals surface area contributed by atoms with E-state index in [1.54, 1.807) is 12.3 Å². The van der Waals surface area contributed by atoms with Gasteiger partial charge < -0.3 is 16.4 Å². The van der Waals surface area contributed by atoms with Gasteiger partial charge in [-0.2, -0.15) is 5.10 Å². The van der Waals surface area contributed by atoms with E-state index in [-0.39, 0.29) is 17.2 Å². The van der Waals surface area contributed by atoms with E-state index < -0.39 is 6.04 Å². The summed E-state index contributed by atoms with van der Waals surface area (Å²) in [4.78, 5) is 25.6. The molecular weight excluding hydrogens is 342 g/mol. The molecule has 27 heavy (non-hydrogen) atoms. The number of carbonyl (C=O) groups excluding carboxylic acids is 2. The van der Waals surface area contributed by atoms with Crippen molar-refractivity contribution >= 4 is 17.6 Å². The van der Waals surface area contributed by atoms with Crippen LogP contribution < -0.4 is 16.4 Å². The Balaban J connectivity index is 1.72. The molecule has 0 saturated heterocycles. The molecule has 1 aromatic heterocycles. The lowest BCUT2D eigenvalue weighted by Crippen LogP contribution is -2.42. The summed E-state index contributed by atoms with van der Waals surface area (Å²) < 4.78 is 0. The lowest BCUT2D eigenvalue weighted by molar-refractivity contribution is -0.128. The number of rotatable bonds is 7. The van der Waals surface area contributed by atoms with Crippen LogP contribution in [-0.4, -0.2) is 28.6 Å². The Kier molecular flexibility index (Phi) is 6.24. The average molecular weight is 369 g/mol. The van der Waals surface area contributed by atoms with Crippen LogP contribution in [0.25, 0.3) is 0 Å². The molecule has 1 aromatic carbocycles. The molecule has 0 spiro atoms. The summed E-state index contributed by atoms with van der Waals surface area (Å²) in [5, 5.41) is 12.2. The maximum absolute atomic E-state index is 12.8. The summed E-state index contributed by atoms with van der Waals surface area (Å²) in [6.07, 6.45) is 7.24. The van der Waals surface area contributed by atoms with Gasteiger partial charge in [-0.3, -0.25) is 14.7 Å². The number of nitrogens with two attached hydrogens (primary N) is 1. The fourth-order valence-electron chi connectivity index (χ4n) is 3.78. The first-order valence-electron chi connectivity index (χ1n) is 9.46. The highest BCUT2D eigenvalue weighted by Gasteiger charge is 2.34. The third-order valence-electron chi connectivity index (χ3n) is 5.34. The van der Waals surface area contributed by atoms with Gasteiger partial charge in [0.2, 0.25) is 5.91 Å². The molecule has 1 heterocycles. The molecule has 1 aliphatic carbocycles. The number of benzene rings is 1. The molecule has 144 valence electrons. The van der Waals surface area contributed by atoms with Crippen molar-refractivity contribution in [3.05, 3.63) is 48.2 Å². The van der Waals surface area contributed by atoms with Crippen LogP contribution in [0.3, 0.4) is 0 Å². The number of H-pyrrole nitrogens is 1. The van der Waals surface area contributed by atoms with Crippen LogP contribution in [0.2, 0.25) is 0 Å². The van der Waals surface area contributed by atoms with Crippen LogP contribution in [0.5, 0.6) is 0 Å². The number of nitrogens with one attached hydrogen (secondary N) is 3. The first-order valence-corrected chi connectivity index (χ1v) is 9.46. The molecule has 1 atom stereocenters. The Labute approximate surface area is 159 Å². The van der Waals surface area contributed by atoms with Gasteiger partial charge in [0.25, 0.3) is 5.91 Å². The lowest BCUT2D eigenvalue weighted by Gasteiger charge is -2.36. The zero-order chi connectivity index (χ0) is 19.1. The maximum atomic E-state index is 12.8. The van der Waals surface area contributed by atoms with Crippen LogP contribution in [0, 0.1) is 5.41 Å². The molecule has 0 aliphatic heterocycles. The summed E-state index contributed by atoms with van der Waals surface area (Å²) in [7, 11) is 0. The fraction of sp³-hybridized carbons (Fsp3) is 0.450. The maximum Gasteiger partial charge on any atom is 0.252 e. The standard InChI is InChI=1S/C20H27N5O2/c21-14-20(10-5-2-6-11-20)13-17(26)24-18(15-7-3-1-4-8-15)19(27)23-16-9-12-22-25-16/h1,3-4,7-9,12,18H,2,5-6,10-11,13-14,21H2,(H,24,26)(H2,22,23,25,27). The van der Waals surface area contributed by atoms with E-state index in [0.717, 1.165) is 31.2 Å². The Hall–Kier alpha value is -2.67. The molecular formula is C20H27N5O2. The minimum Gasteiger partial charge on any atom is -0.341 e. The molecule has 3 rings (SSSR count). The van der Waals surface area contributed by atoms with Gasteiger partial charge in [0.15, 0.2) is 0 Å². The van der Waals surface area contributed by atoms with E-state index in [1.165, 1.54) is 6.42 Å². The van der Waals surface area contributed by atoms with E-state index in [0.29, 0.717) is 18.8 Å². The highest BCUT2D eigenvalue weighted by molar-refractivity contribution is 5.97. The summed E-state index contributed by atoms with van der Waals surface area (Å²) in [5.41, 5.74) is 6.59. The Morgan fingerprint density at radius 1 is 1.15 bits per heavy atom. The highest BCUT2D eigenvalue weighted by Crippen LogP contribution is 2.38. The summed E-state index contributed by atoms with van der Waals surface area (Å²) in [5.74, 6) is 0.0288. The number of anilines is 1. The highest BCUT2D eigenvalue weighted by atomic mass is 16.2. The third kappa shape index (κ3) is 4.95. The topological polar surface area (TPSA) is 113 Å². The number of nitrogens with zero attached hydrogens (tertiary/aromatic N) is 1. The van der Waals surface area contributed by atoms with Gasteiger partial charge in [0, 0.05) is 12.5 Å². The van der Waals surface area contributed by atoms with Gasteiger partial charge in [-0.25, -0.2) is 0 Å². The molecule has 1 unspecified atom stereocenters. The van der Waals surface area contributed by atoms with Crippen LogP contribution in [0.1, 0.15) is 50.1 Å². The fourth-order valence-corrected chi connectivity index (χ4v) is 3.78. The molecule has 0 bridgehead atoms. The van der Waals surface area contributed by atoms with Gasteiger partial charge in [0.1, 0.15) is 11.9 Å². The van der Waals surface area contributed by atoms with E-state index in [4.69, 9.17) is 5.73 Å². The van der Waals surface area contributed by atoms with Crippen molar-refractivity contribution < 1.29 is 9.59 Å². The number of amides is 2. The second-order valence-electron chi connectivity index (χ2n) is 7.31. The predicted octanol–water partition coefficient (Wildman–Crippen LogP) is 2.51. The normalized spacial score (nSPS) is 17.1. The molecule has 2 amide bonds. The molecule has 1 fully saturated rings. The SMILES string of the molecule is NCC1(CC(=O)NC(C(=O)Nc2ccn[nH]2)c2ccccc2)CCCCC1. The Morgan fingerprint density at radius 3 is 2.52 bits per heavy atom. The number of aromatic nitrogens is 2. The van der Waals surface area contributed by atoms with Crippen molar-refractivity contribution in [2.45, 2.75) is 44.6 Å². The van der Waals surface area contributed by atoms with Gasteiger partial charge >= 0.3 is 0 Å².